The monoisotopic (exact) mass is 581 g/mol. The van der Waals surface area contributed by atoms with Crippen LogP contribution in [0.3, 0.4) is 0 Å². The van der Waals surface area contributed by atoms with Crippen molar-refractivity contribution < 1.29 is 44.5 Å². The molecule has 6 aliphatic rings. The number of fused-ring (bicyclic) bond motifs is 3. The summed E-state index contributed by atoms with van der Waals surface area (Å²) in [5.41, 5.74) is -0.384. The number of carbonyl (C=O) groups is 1. The number of carboxylic acid groups (broad SMARTS) is 1. The number of aliphatic hydroxyl groups is 4. The standard InChI is InChI=1S/C31H51NO9/c1-29-10-7-17(39-28-26(37)24(32(3)4)25(36)22(15-33)40-28)13-16(29)5-6-21-20(29)8-11-30(2)19-9-12-31(21,30)41-27(38)18(19)14-23(34)35/h16-22,24-28,33,36-38H,5-15H2,1-4H3,(H,34,35)/t16-,17+,18+,19-,20+,21-,22-,24+,25-,26-,27-,28-,29+,30-,31+/m1/s1. The van der Waals surface area contributed by atoms with Gasteiger partial charge in [0.25, 0.3) is 0 Å². The molecule has 0 amide bonds. The zero-order valence-electron chi connectivity index (χ0n) is 25.0. The lowest BCUT2D eigenvalue weighted by Crippen LogP contribution is -2.67. The van der Waals surface area contributed by atoms with Crippen LogP contribution in [-0.2, 0) is 19.0 Å². The second-order valence-electron chi connectivity index (χ2n) is 14.9. The smallest absolute Gasteiger partial charge is 0.303 e. The van der Waals surface area contributed by atoms with E-state index in [-0.39, 0.29) is 41.8 Å². The maximum Gasteiger partial charge on any atom is 0.303 e. The summed E-state index contributed by atoms with van der Waals surface area (Å²) in [6.07, 6.45) is 3.82. The molecule has 0 aromatic rings. The first-order chi connectivity index (χ1) is 19.4. The molecule has 2 bridgehead atoms. The van der Waals surface area contributed by atoms with E-state index in [1.165, 1.54) is 0 Å². The van der Waals surface area contributed by atoms with Crippen LogP contribution in [0.4, 0.5) is 0 Å². The quantitative estimate of drug-likeness (QED) is 0.295. The summed E-state index contributed by atoms with van der Waals surface area (Å²) in [6.45, 7) is 4.41. The maximum atomic E-state index is 11.6. The van der Waals surface area contributed by atoms with Crippen molar-refractivity contribution in [2.45, 2.75) is 127 Å². The number of aliphatic carboxylic acids is 1. The average Bonchev–Trinajstić information content (AvgIpc) is 3.11. The minimum Gasteiger partial charge on any atom is -0.481 e. The van der Waals surface area contributed by atoms with E-state index in [4.69, 9.17) is 14.2 Å². The summed E-state index contributed by atoms with van der Waals surface area (Å²) in [4.78, 5) is 13.4. The van der Waals surface area contributed by atoms with E-state index in [1.807, 2.05) is 0 Å². The van der Waals surface area contributed by atoms with Crippen LogP contribution in [0.15, 0.2) is 0 Å². The maximum absolute atomic E-state index is 11.6. The lowest BCUT2D eigenvalue weighted by molar-refractivity contribution is -0.335. The zero-order valence-corrected chi connectivity index (χ0v) is 25.0. The van der Waals surface area contributed by atoms with Crippen molar-refractivity contribution in [3.63, 3.8) is 0 Å². The lowest BCUT2D eigenvalue weighted by Gasteiger charge is -2.67. The summed E-state index contributed by atoms with van der Waals surface area (Å²) in [6, 6.07) is -0.595. The van der Waals surface area contributed by atoms with Crippen LogP contribution in [0.2, 0.25) is 0 Å². The molecule has 0 spiro atoms. The predicted octanol–water partition coefficient (Wildman–Crippen LogP) is 1.96. The Morgan fingerprint density at radius 2 is 1.68 bits per heavy atom. The van der Waals surface area contributed by atoms with Crippen molar-refractivity contribution in [3.05, 3.63) is 0 Å². The zero-order chi connectivity index (χ0) is 29.5. The normalized spacial score (nSPS) is 54.8. The molecule has 10 nitrogen and oxygen atoms in total. The molecule has 2 aliphatic heterocycles. The van der Waals surface area contributed by atoms with Crippen LogP contribution in [-0.4, -0.2) is 106 Å². The highest BCUT2D eigenvalue weighted by Gasteiger charge is 2.72. The molecule has 0 aromatic heterocycles. The second kappa shape index (κ2) is 10.6. The molecule has 5 N–H and O–H groups in total. The molecule has 4 aliphatic carbocycles. The van der Waals surface area contributed by atoms with Crippen molar-refractivity contribution in [1.82, 2.24) is 4.90 Å². The van der Waals surface area contributed by atoms with Crippen LogP contribution in [0.25, 0.3) is 0 Å². The molecular weight excluding hydrogens is 530 g/mol. The van der Waals surface area contributed by atoms with Crippen LogP contribution >= 0.6 is 0 Å². The minimum atomic E-state index is -1.03. The molecule has 6 rings (SSSR count). The number of rotatable bonds is 6. The molecule has 4 saturated carbocycles. The van der Waals surface area contributed by atoms with Gasteiger partial charge in [-0.15, -0.1) is 0 Å². The minimum absolute atomic E-state index is 0.0422. The third-order valence-corrected chi connectivity index (χ3v) is 13.2. The molecule has 41 heavy (non-hydrogen) atoms. The van der Waals surface area contributed by atoms with Crippen molar-refractivity contribution in [2.75, 3.05) is 20.7 Å². The summed E-state index contributed by atoms with van der Waals surface area (Å²) >= 11 is 0. The topological polar surface area (TPSA) is 149 Å². The second-order valence-corrected chi connectivity index (χ2v) is 14.9. The fourth-order valence-electron chi connectivity index (χ4n) is 11.2. The van der Waals surface area contributed by atoms with Gasteiger partial charge in [-0.25, -0.2) is 0 Å². The van der Waals surface area contributed by atoms with Gasteiger partial charge in [-0.3, -0.25) is 4.79 Å². The fourth-order valence-corrected chi connectivity index (χ4v) is 11.2. The molecule has 2 heterocycles. The Balaban J connectivity index is 1.17. The molecular formula is C31H51NO9. The third-order valence-electron chi connectivity index (χ3n) is 13.2. The van der Waals surface area contributed by atoms with E-state index in [0.717, 1.165) is 57.8 Å². The van der Waals surface area contributed by atoms with Gasteiger partial charge < -0.3 is 44.6 Å². The van der Waals surface area contributed by atoms with E-state index in [0.29, 0.717) is 17.8 Å². The van der Waals surface area contributed by atoms with Crippen LogP contribution in [0.5, 0.6) is 0 Å². The van der Waals surface area contributed by atoms with E-state index >= 15 is 0 Å². The highest BCUT2D eigenvalue weighted by Crippen LogP contribution is 2.73. The van der Waals surface area contributed by atoms with Crippen molar-refractivity contribution in [1.29, 1.82) is 0 Å². The Hall–Kier alpha value is -0.850. The van der Waals surface area contributed by atoms with Gasteiger partial charge in [-0.1, -0.05) is 13.8 Å². The molecule has 6 fully saturated rings. The number of ether oxygens (including phenoxy) is 3. The number of carboxylic acids is 1. The summed E-state index contributed by atoms with van der Waals surface area (Å²) in [5.74, 6) is 0.237. The first-order valence-electron chi connectivity index (χ1n) is 15.9. The van der Waals surface area contributed by atoms with Crippen LogP contribution in [0, 0.1) is 40.4 Å². The Morgan fingerprint density at radius 3 is 2.37 bits per heavy atom. The average molecular weight is 582 g/mol. The molecule has 10 heteroatoms. The summed E-state index contributed by atoms with van der Waals surface area (Å²) < 4.78 is 18.9. The van der Waals surface area contributed by atoms with Gasteiger partial charge in [-0.2, -0.15) is 0 Å². The van der Waals surface area contributed by atoms with Crippen LogP contribution < -0.4 is 0 Å². The Morgan fingerprint density at radius 1 is 0.951 bits per heavy atom. The largest absolute Gasteiger partial charge is 0.481 e. The lowest BCUT2D eigenvalue weighted by atomic mass is 9.42. The first-order valence-corrected chi connectivity index (χ1v) is 15.9. The molecule has 0 aromatic carbocycles. The van der Waals surface area contributed by atoms with Gasteiger partial charge in [0.05, 0.1) is 30.8 Å². The summed E-state index contributed by atoms with van der Waals surface area (Å²) in [7, 11) is 3.59. The molecule has 2 saturated heterocycles. The summed E-state index contributed by atoms with van der Waals surface area (Å²) in [5, 5.41) is 52.0. The fraction of sp³-hybridized carbons (Fsp3) is 0.968. The van der Waals surface area contributed by atoms with Gasteiger partial charge in [0.1, 0.15) is 18.3 Å². The van der Waals surface area contributed by atoms with Gasteiger partial charge >= 0.3 is 5.97 Å². The third kappa shape index (κ3) is 4.45. The van der Waals surface area contributed by atoms with E-state index in [2.05, 4.69) is 13.8 Å². The van der Waals surface area contributed by atoms with E-state index < -0.39 is 48.5 Å². The Kier molecular flexibility index (Phi) is 7.84. The number of aliphatic hydroxyl groups excluding tert-OH is 4. The van der Waals surface area contributed by atoms with Gasteiger partial charge in [-0.05, 0) is 101 Å². The van der Waals surface area contributed by atoms with Crippen molar-refractivity contribution in [3.8, 4) is 0 Å². The van der Waals surface area contributed by atoms with Crippen LogP contribution in [0.1, 0.15) is 78.1 Å². The van der Waals surface area contributed by atoms with Gasteiger partial charge in [0, 0.05) is 11.3 Å². The number of hydrogen-bond acceptors (Lipinski definition) is 9. The number of nitrogens with zero attached hydrogens (tertiary/aromatic N) is 1. The van der Waals surface area contributed by atoms with Gasteiger partial charge in [0.15, 0.2) is 12.6 Å². The molecule has 0 unspecified atom stereocenters. The molecule has 0 radical (unpaired) electrons. The van der Waals surface area contributed by atoms with E-state index in [9.17, 15) is 30.3 Å². The molecule has 15 atom stereocenters. The Bertz CT molecular complexity index is 997. The molecule has 234 valence electrons. The van der Waals surface area contributed by atoms with Gasteiger partial charge in [0.2, 0.25) is 0 Å². The SMILES string of the molecule is CN(C)[C@@H]1[C@@H](O)[C@H](O[C@H]2CC[C@@]3(C)[C@H](CC[C@@H]4[C@@H]3CC[C@]3(C)[C@@H]5CC[C@]43O[C@@H](O)[C@H]5CC(=O)O)C2)O[C@H](CO)[C@H]1O. The predicted molar refractivity (Wildman–Crippen MR) is 147 cm³/mol. The highest BCUT2D eigenvalue weighted by atomic mass is 16.7. The first kappa shape index (κ1) is 30.2. The van der Waals surface area contributed by atoms with E-state index in [1.54, 1.807) is 19.0 Å². The van der Waals surface area contributed by atoms with Crippen molar-refractivity contribution in [2.24, 2.45) is 40.4 Å². The highest BCUT2D eigenvalue weighted by molar-refractivity contribution is 5.67. The van der Waals surface area contributed by atoms with Crippen molar-refractivity contribution >= 4 is 5.97 Å². The number of hydrogen-bond donors (Lipinski definition) is 5. The number of likely N-dealkylation sites (N-methyl/N-ethyl adjacent to an activating group) is 1. The Labute approximate surface area is 243 Å².